The molecule has 1 heterocycles. The third-order valence-corrected chi connectivity index (χ3v) is 2.85. The monoisotopic (exact) mass is 216 g/mol. The fraction of sp³-hybridized carbons (Fsp3) is 0.900. The van der Waals surface area contributed by atoms with Gasteiger partial charge in [0.15, 0.2) is 0 Å². The number of amides is 1. The summed E-state index contributed by atoms with van der Waals surface area (Å²) >= 11 is 0. The molecule has 15 heavy (non-hydrogen) atoms. The van der Waals surface area contributed by atoms with Crippen molar-refractivity contribution < 1.29 is 9.63 Å². The van der Waals surface area contributed by atoms with Gasteiger partial charge in [-0.05, 0) is 38.9 Å². The van der Waals surface area contributed by atoms with E-state index >= 15 is 0 Å². The normalized spacial score (nSPS) is 19.1. The Morgan fingerprint density at radius 1 is 1.53 bits per heavy atom. The highest BCUT2D eigenvalue weighted by molar-refractivity contribution is 5.76. The molecule has 0 aromatic heterocycles. The van der Waals surface area contributed by atoms with Crippen molar-refractivity contribution in [1.29, 1.82) is 0 Å². The number of hydrogen-bond acceptors (Lipinski definition) is 4. The Morgan fingerprint density at radius 2 is 2.20 bits per heavy atom. The maximum atomic E-state index is 11.4. The Hall–Kier alpha value is -0.650. The first-order valence-electron chi connectivity index (χ1n) is 5.49. The van der Waals surface area contributed by atoms with Crippen molar-refractivity contribution in [1.82, 2.24) is 10.2 Å². The van der Waals surface area contributed by atoms with Crippen LogP contribution in [0.3, 0.4) is 0 Å². The van der Waals surface area contributed by atoms with E-state index < -0.39 is 0 Å². The van der Waals surface area contributed by atoms with E-state index in [4.69, 9.17) is 5.90 Å². The van der Waals surface area contributed by atoms with Crippen molar-refractivity contribution in [3.05, 3.63) is 0 Å². The number of carbonyl (C=O) groups is 1. The maximum absolute atomic E-state index is 11.4. The smallest absolute Gasteiger partial charge is 0.220 e. The number of piperidine rings is 1. The van der Waals surface area contributed by atoms with Crippen LogP contribution in [-0.4, -0.2) is 44.1 Å². The highest BCUT2D eigenvalue weighted by atomic mass is 16.6. The SMILES string of the molecule is CN1CCC([13CH2]C(=O)NCCON)CC1. The van der Waals surface area contributed by atoms with E-state index in [1.165, 1.54) is 0 Å². The molecule has 0 aromatic carbocycles. The Morgan fingerprint density at radius 3 is 2.80 bits per heavy atom. The predicted octanol–water partition coefficient (Wildman–Crippen LogP) is -0.275. The zero-order valence-corrected chi connectivity index (χ0v) is 9.37. The Labute approximate surface area is 90.9 Å². The molecule has 0 aromatic rings. The minimum atomic E-state index is 0.113. The lowest BCUT2D eigenvalue weighted by molar-refractivity contribution is -0.122. The van der Waals surface area contributed by atoms with Crippen LogP contribution in [0.2, 0.25) is 0 Å². The van der Waals surface area contributed by atoms with Crippen molar-refractivity contribution in [2.24, 2.45) is 11.8 Å². The molecule has 1 saturated heterocycles. The fourth-order valence-corrected chi connectivity index (χ4v) is 1.85. The molecule has 0 unspecified atom stereocenters. The molecule has 88 valence electrons. The summed E-state index contributed by atoms with van der Waals surface area (Å²) in [6, 6.07) is 0. The minimum Gasteiger partial charge on any atom is -0.354 e. The van der Waals surface area contributed by atoms with Crippen molar-refractivity contribution in [2.75, 3.05) is 33.3 Å². The summed E-state index contributed by atoms with van der Waals surface area (Å²) in [4.78, 5) is 18.1. The van der Waals surface area contributed by atoms with E-state index in [9.17, 15) is 4.79 Å². The summed E-state index contributed by atoms with van der Waals surface area (Å²) in [5, 5.41) is 2.78. The van der Waals surface area contributed by atoms with Gasteiger partial charge in [-0.25, -0.2) is 5.90 Å². The number of nitrogens with zero attached hydrogens (tertiary/aromatic N) is 1. The largest absolute Gasteiger partial charge is 0.354 e. The Kier molecular flexibility index (Phi) is 5.60. The van der Waals surface area contributed by atoms with E-state index in [0.29, 0.717) is 25.5 Å². The topological polar surface area (TPSA) is 67.6 Å². The summed E-state index contributed by atoms with van der Waals surface area (Å²) < 4.78 is 0. The molecule has 0 saturated carbocycles. The molecule has 1 rings (SSSR count). The van der Waals surface area contributed by atoms with E-state index in [-0.39, 0.29) is 5.91 Å². The van der Waals surface area contributed by atoms with Crippen molar-refractivity contribution in [3.8, 4) is 0 Å². The van der Waals surface area contributed by atoms with Crippen molar-refractivity contribution >= 4 is 5.91 Å². The van der Waals surface area contributed by atoms with Crippen molar-refractivity contribution in [2.45, 2.75) is 19.3 Å². The standard InChI is InChI=1S/C10H21N3O2/c1-13-5-2-9(3-6-13)8-10(14)12-4-7-15-11/h9H,2-8,11H2,1H3,(H,12,14)/i8+1. The number of nitrogens with one attached hydrogen (secondary N) is 1. The van der Waals surface area contributed by atoms with E-state index in [1.54, 1.807) is 0 Å². The third-order valence-electron chi connectivity index (χ3n) is 2.85. The summed E-state index contributed by atoms with van der Waals surface area (Å²) in [7, 11) is 2.12. The lowest BCUT2D eigenvalue weighted by Gasteiger charge is -2.28. The van der Waals surface area contributed by atoms with Gasteiger partial charge >= 0.3 is 0 Å². The highest BCUT2D eigenvalue weighted by Crippen LogP contribution is 2.18. The predicted molar refractivity (Wildman–Crippen MR) is 58.0 cm³/mol. The second-order valence-corrected chi connectivity index (χ2v) is 4.17. The first-order chi connectivity index (χ1) is 7.22. The molecule has 5 nitrogen and oxygen atoms in total. The van der Waals surface area contributed by atoms with Crippen LogP contribution in [0.25, 0.3) is 0 Å². The van der Waals surface area contributed by atoms with E-state index in [2.05, 4.69) is 22.1 Å². The second-order valence-electron chi connectivity index (χ2n) is 4.17. The van der Waals surface area contributed by atoms with Crippen LogP contribution < -0.4 is 11.2 Å². The molecule has 1 aliphatic rings. The van der Waals surface area contributed by atoms with Gasteiger partial charge in [0.05, 0.1) is 6.61 Å². The van der Waals surface area contributed by atoms with Gasteiger partial charge in [-0.1, -0.05) is 0 Å². The van der Waals surface area contributed by atoms with Gasteiger partial charge in [0.2, 0.25) is 5.91 Å². The average Bonchev–Trinajstić information content (AvgIpc) is 2.22. The van der Waals surface area contributed by atoms with Crippen LogP contribution in [0.15, 0.2) is 0 Å². The number of likely N-dealkylation sites (tertiary alicyclic amines) is 1. The van der Waals surface area contributed by atoms with Crippen LogP contribution in [0.1, 0.15) is 19.3 Å². The van der Waals surface area contributed by atoms with Gasteiger partial charge in [-0.2, -0.15) is 0 Å². The fourth-order valence-electron chi connectivity index (χ4n) is 1.85. The maximum Gasteiger partial charge on any atom is 0.220 e. The minimum absolute atomic E-state index is 0.113. The van der Waals surface area contributed by atoms with Crippen molar-refractivity contribution in [3.63, 3.8) is 0 Å². The quantitative estimate of drug-likeness (QED) is 0.377. The lowest BCUT2D eigenvalue weighted by Crippen LogP contribution is -2.34. The Balaban J connectivity index is 2.09. The van der Waals surface area contributed by atoms with Crippen LogP contribution in [0.4, 0.5) is 0 Å². The lowest BCUT2D eigenvalue weighted by atomic mass is 10.0. The zero-order chi connectivity index (χ0) is 11.1. The first-order valence-corrected chi connectivity index (χ1v) is 5.49. The van der Waals surface area contributed by atoms with Crippen LogP contribution >= 0.6 is 0 Å². The molecule has 1 aliphatic heterocycles. The number of carbonyl (C=O) groups excluding carboxylic acids is 1. The molecule has 5 heteroatoms. The molecular weight excluding hydrogens is 195 g/mol. The first kappa shape index (κ1) is 12.4. The summed E-state index contributed by atoms with van der Waals surface area (Å²) in [6.45, 7) is 3.08. The highest BCUT2D eigenvalue weighted by Gasteiger charge is 2.18. The van der Waals surface area contributed by atoms with Gasteiger partial charge in [0, 0.05) is 13.0 Å². The molecule has 0 atom stereocenters. The Bertz CT molecular complexity index is 191. The summed E-state index contributed by atoms with van der Waals surface area (Å²) in [6.07, 6.45) is 2.88. The summed E-state index contributed by atoms with van der Waals surface area (Å²) in [5.41, 5.74) is 0. The van der Waals surface area contributed by atoms with Gasteiger partial charge in [0.25, 0.3) is 0 Å². The van der Waals surface area contributed by atoms with Gasteiger partial charge in [0.1, 0.15) is 0 Å². The number of rotatable bonds is 5. The van der Waals surface area contributed by atoms with Gasteiger partial charge < -0.3 is 15.1 Å². The van der Waals surface area contributed by atoms with Crippen LogP contribution in [0, 0.1) is 5.92 Å². The molecule has 1 amide bonds. The third kappa shape index (κ3) is 5.11. The average molecular weight is 216 g/mol. The molecule has 0 spiro atoms. The van der Waals surface area contributed by atoms with Crippen LogP contribution in [0.5, 0.6) is 0 Å². The second kappa shape index (κ2) is 6.76. The van der Waals surface area contributed by atoms with E-state index in [1.807, 2.05) is 0 Å². The van der Waals surface area contributed by atoms with E-state index in [0.717, 1.165) is 25.9 Å². The van der Waals surface area contributed by atoms with Gasteiger partial charge in [-0.3, -0.25) is 4.79 Å². The molecule has 0 bridgehead atoms. The zero-order valence-electron chi connectivity index (χ0n) is 9.37. The number of nitrogens with two attached hydrogens (primary N) is 1. The molecule has 1 fully saturated rings. The summed E-state index contributed by atoms with van der Waals surface area (Å²) in [5.74, 6) is 5.51. The molecule has 0 aliphatic carbocycles. The van der Waals surface area contributed by atoms with Gasteiger partial charge in [-0.15, -0.1) is 0 Å². The molecule has 3 N–H and O–H groups in total. The molecular formula is C10H21N3O2. The molecule has 0 radical (unpaired) electrons. The van der Waals surface area contributed by atoms with Crippen LogP contribution in [-0.2, 0) is 9.63 Å². The number of hydrogen-bond donors (Lipinski definition) is 2.